The number of nitrogens with one attached hydrogen (secondary N) is 1. The van der Waals surface area contributed by atoms with E-state index in [1.54, 1.807) is 19.1 Å². The molecule has 0 spiro atoms. The number of ether oxygens (including phenoxy) is 1. The minimum absolute atomic E-state index is 0.294. The van der Waals surface area contributed by atoms with E-state index in [0.29, 0.717) is 22.7 Å². The molecule has 5 nitrogen and oxygen atoms in total. The van der Waals surface area contributed by atoms with Crippen LogP contribution in [0.4, 0.5) is 5.00 Å². The van der Waals surface area contributed by atoms with Crippen LogP contribution in [0.15, 0.2) is 29.1 Å². The topological polar surface area (TPSA) is 68.5 Å². The lowest BCUT2D eigenvalue weighted by molar-refractivity contribution is 0.0528. The number of furan rings is 1. The Bertz CT molecular complexity index is 586. The van der Waals surface area contributed by atoms with E-state index in [1.165, 1.54) is 23.9 Å². The van der Waals surface area contributed by atoms with Crippen molar-refractivity contribution in [3.63, 3.8) is 0 Å². The van der Waals surface area contributed by atoms with Crippen LogP contribution < -0.4 is 5.32 Å². The second-order valence-corrected chi connectivity index (χ2v) is 5.04. The number of carbonyl (C=O) groups excluding carboxylic acids is 2. The Hall–Kier alpha value is -2.08. The van der Waals surface area contributed by atoms with Gasteiger partial charge >= 0.3 is 5.97 Å². The van der Waals surface area contributed by atoms with Gasteiger partial charge in [-0.15, -0.1) is 11.3 Å². The highest BCUT2D eigenvalue weighted by molar-refractivity contribution is 7.16. The number of thiophene rings is 1. The number of hydrogen-bond acceptors (Lipinski definition) is 5. The summed E-state index contributed by atoms with van der Waals surface area (Å²) in [4.78, 5) is 24.6. The van der Waals surface area contributed by atoms with Gasteiger partial charge < -0.3 is 14.5 Å². The Balaban J connectivity index is 2.20. The summed E-state index contributed by atoms with van der Waals surface area (Å²) in [6, 6.07) is 3.26. The molecule has 2 rings (SSSR count). The highest BCUT2D eigenvalue weighted by Crippen LogP contribution is 2.28. The molecule has 0 bridgehead atoms. The highest BCUT2D eigenvalue weighted by Gasteiger charge is 2.18. The molecule has 0 aliphatic heterocycles. The maximum Gasteiger partial charge on any atom is 0.341 e. The molecule has 6 heteroatoms. The fraction of sp³-hybridized carbons (Fsp3) is 0.231. The average Bonchev–Trinajstić information content (AvgIpc) is 2.98. The van der Waals surface area contributed by atoms with E-state index in [0.717, 1.165) is 4.88 Å². The Morgan fingerprint density at radius 2 is 2.26 bits per heavy atom. The molecule has 2 aromatic rings. The van der Waals surface area contributed by atoms with Crippen LogP contribution in [0.2, 0.25) is 0 Å². The molecule has 19 heavy (non-hydrogen) atoms. The molecule has 2 aromatic heterocycles. The summed E-state index contributed by atoms with van der Waals surface area (Å²) in [5, 5.41) is 3.18. The van der Waals surface area contributed by atoms with Gasteiger partial charge in [0.15, 0.2) is 0 Å². The number of rotatable bonds is 4. The van der Waals surface area contributed by atoms with Gasteiger partial charge in [-0.2, -0.15) is 0 Å². The Kier molecular flexibility index (Phi) is 4.01. The minimum Gasteiger partial charge on any atom is -0.472 e. The Morgan fingerprint density at radius 1 is 1.47 bits per heavy atom. The second kappa shape index (κ2) is 5.71. The second-order valence-electron chi connectivity index (χ2n) is 3.79. The van der Waals surface area contributed by atoms with Gasteiger partial charge in [0.25, 0.3) is 5.91 Å². The van der Waals surface area contributed by atoms with Crippen molar-refractivity contribution in [1.82, 2.24) is 0 Å². The van der Waals surface area contributed by atoms with E-state index in [2.05, 4.69) is 5.32 Å². The van der Waals surface area contributed by atoms with Crippen LogP contribution in [0.25, 0.3) is 0 Å². The fourth-order valence-corrected chi connectivity index (χ4v) is 2.43. The molecule has 1 N–H and O–H groups in total. The molecule has 0 unspecified atom stereocenters. The van der Waals surface area contributed by atoms with Crippen molar-refractivity contribution in [1.29, 1.82) is 0 Å². The lowest BCUT2D eigenvalue weighted by Crippen LogP contribution is -2.13. The summed E-state index contributed by atoms with van der Waals surface area (Å²) in [5.74, 6) is -0.754. The minimum atomic E-state index is -0.436. The maximum atomic E-state index is 11.9. The Morgan fingerprint density at radius 3 is 2.89 bits per heavy atom. The van der Waals surface area contributed by atoms with Crippen LogP contribution in [0.1, 0.15) is 32.5 Å². The first-order valence-corrected chi connectivity index (χ1v) is 6.54. The predicted molar refractivity (Wildman–Crippen MR) is 71.7 cm³/mol. The molecule has 0 radical (unpaired) electrons. The van der Waals surface area contributed by atoms with E-state index in [-0.39, 0.29) is 5.91 Å². The number of hydrogen-bond donors (Lipinski definition) is 1. The van der Waals surface area contributed by atoms with Crippen molar-refractivity contribution in [2.75, 3.05) is 11.9 Å². The van der Waals surface area contributed by atoms with Gasteiger partial charge in [-0.1, -0.05) is 0 Å². The first-order valence-electron chi connectivity index (χ1n) is 5.73. The predicted octanol–water partition coefficient (Wildman–Crippen LogP) is 3.08. The standard InChI is InChI=1S/C13H13NO4S/c1-3-18-13(16)10-6-8(2)19-12(10)14-11(15)9-4-5-17-7-9/h4-7H,3H2,1-2H3,(H,14,15). The van der Waals surface area contributed by atoms with Gasteiger partial charge in [0.05, 0.1) is 24.0 Å². The van der Waals surface area contributed by atoms with Crippen molar-refractivity contribution in [3.8, 4) is 0 Å². The zero-order valence-corrected chi connectivity index (χ0v) is 11.4. The van der Waals surface area contributed by atoms with Crippen molar-refractivity contribution in [2.24, 2.45) is 0 Å². The number of amides is 1. The highest BCUT2D eigenvalue weighted by atomic mass is 32.1. The monoisotopic (exact) mass is 279 g/mol. The maximum absolute atomic E-state index is 11.9. The largest absolute Gasteiger partial charge is 0.472 e. The zero-order valence-electron chi connectivity index (χ0n) is 10.6. The molecular weight excluding hydrogens is 266 g/mol. The van der Waals surface area contributed by atoms with Gasteiger partial charge in [-0.25, -0.2) is 4.79 Å². The summed E-state index contributed by atoms with van der Waals surface area (Å²) < 4.78 is 9.80. The van der Waals surface area contributed by atoms with E-state index >= 15 is 0 Å². The van der Waals surface area contributed by atoms with E-state index in [1.807, 2.05) is 6.92 Å². The summed E-state index contributed by atoms with van der Waals surface area (Å²) >= 11 is 1.33. The van der Waals surface area contributed by atoms with Gasteiger partial charge in [-0.3, -0.25) is 4.79 Å². The van der Waals surface area contributed by atoms with Gasteiger partial charge in [0.1, 0.15) is 11.3 Å². The quantitative estimate of drug-likeness (QED) is 0.873. The smallest absolute Gasteiger partial charge is 0.341 e. The van der Waals surface area contributed by atoms with Crippen LogP contribution in [0.3, 0.4) is 0 Å². The molecule has 0 saturated carbocycles. The van der Waals surface area contributed by atoms with Crippen LogP contribution in [-0.2, 0) is 4.74 Å². The zero-order chi connectivity index (χ0) is 13.8. The number of esters is 1. The van der Waals surface area contributed by atoms with Gasteiger partial charge in [-0.05, 0) is 26.0 Å². The molecule has 0 fully saturated rings. The molecule has 0 saturated heterocycles. The third kappa shape index (κ3) is 3.03. The molecule has 1 amide bonds. The summed E-state index contributed by atoms with van der Waals surface area (Å²) in [6.45, 7) is 3.89. The summed E-state index contributed by atoms with van der Waals surface area (Å²) in [7, 11) is 0. The lowest BCUT2D eigenvalue weighted by atomic mass is 10.2. The van der Waals surface area contributed by atoms with E-state index in [9.17, 15) is 9.59 Å². The molecule has 0 atom stereocenters. The SMILES string of the molecule is CCOC(=O)c1cc(C)sc1NC(=O)c1ccoc1. The van der Waals surface area contributed by atoms with Gasteiger partial charge in [0, 0.05) is 4.88 Å². The van der Waals surface area contributed by atoms with E-state index < -0.39 is 5.97 Å². The third-order valence-corrected chi connectivity index (χ3v) is 3.33. The summed E-state index contributed by atoms with van der Waals surface area (Å²) in [6.07, 6.45) is 2.76. The molecule has 0 aliphatic carbocycles. The van der Waals surface area contributed by atoms with Crippen molar-refractivity contribution >= 4 is 28.2 Å². The molecule has 2 heterocycles. The number of aryl methyl sites for hydroxylation is 1. The van der Waals surface area contributed by atoms with E-state index in [4.69, 9.17) is 9.15 Å². The van der Waals surface area contributed by atoms with Crippen LogP contribution >= 0.6 is 11.3 Å². The third-order valence-electron chi connectivity index (χ3n) is 2.36. The first-order chi connectivity index (χ1) is 9.11. The van der Waals surface area contributed by atoms with Crippen LogP contribution in [0, 0.1) is 6.92 Å². The first kappa shape index (κ1) is 13.4. The molecular formula is C13H13NO4S. The normalized spacial score (nSPS) is 10.2. The van der Waals surface area contributed by atoms with Crippen molar-refractivity contribution in [2.45, 2.75) is 13.8 Å². The fourth-order valence-electron chi connectivity index (χ4n) is 1.54. The van der Waals surface area contributed by atoms with Gasteiger partial charge in [0.2, 0.25) is 0 Å². The van der Waals surface area contributed by atoms with Crippen LogP contribution in [0.5, 0.6) is 0 Å². The number of anilines is 1. The molecule has 0 aliphatic rings. The lowest BCUT2D eigenvalue weighted by Gasteiger charge is -2.04. The van der Waals surface area contributed by atoms with Crippen molar-refractivity contribution in [3.05, 3.63) is 40.7 Å². The number of carbonyl (C=O) groups is 2. The molecule has 100 valence electrons. The van der Waals surface area contributed by atoms with Crippen LogP contribution in [-0.4, -0.2) is 18.5 Å². The molecule has 0 aromatic carbocycles. The summed E-state index contributed by atoms with van der Waals surface area (Å²) in [5.41, 5.74) is 0.780. The van der Waals surface area contributed by atoms with Crippen molar-refractivity contribution < 1.29 is 18.7 Å². The average molecular weight is 279 g/mol. The Labute approximate surface area is 114 Å².